The van der Waals surface area contributed by atoms with Crippen molar-refractivity contribution in [2.45, 2.75) is 12.5 Å². The molecule has 2 atom stereocenters. The van der Waals surface area contributed by atoms with Gasteiger partial charge in [-0.25, -0.2) is 4.39 Å². The first kappa shape index (κ1) is 23.5. The smallest absolute Gasteiger partial charge is 0.269 e. The van der Waals surface area contributed by atoms with Crippen LogP contribution in [0.4, 0.5) is 21.5 Å². The number of morpholine rings is 1. The van der Waals surface area contributed by atoms with Gasteiger partial charge in [-0.15, -0.1) is 0 Å². The van der Waals surface area contributed by atoms with Gasteiger partial charge < -0.3 is 19.9 Å². The lowest BCUT2D eigenvalue weighted by Crippen LogP contribution is -2.61. The summed E-state index contributed by atoms with van der Waals surface area (Å²) in [4.78, 5) is 31.1. The second kappa shape index (κ2) is 10.2. The van der Waals surface area contributed by atoms with Crippen LogP contribution in [0.15, 0.2) is 42.5 Å². The van der Waals surface area contributed by atoms with E-state index in [-0.39, 0.29) is 29.4 Å². The lowest BCUT2D eigenvalue weighted by molar-refractivity contribution is -0.384. The van der Waals surface area contributed by atoms with Crippen LogP contribution in [0.3, 0.4) is 0 Å². The summed E-state index contributed by atoms with van der Waals surface area (Å²) in [6.45, 7) is 6.45. The average molecular weight is 484 g/mol. The Hall–Kier alpha value is -3.24. The van der Waals surface area contributed by atoms with E-state index in [0.717, 1.165) is 36.6 Å². The summed E-state index contributed by atoms with van der Waals surface area (Å²) in [5.41, 5.74) is 2.75. The third-order valence-corrected chi connectivity index (χ3v) is 7.27. The summed E-state index contributed by atoms with van der Waals surface area (Å²) in [6.07, 6.45) is 0.443. The van der Waals surface area contributed by atoms with Crippen LogP contribution in [-0.2, 0) is 16.0 Å². The number of nitrogens with zero attached hydrogens (tertiary/aromatic N) is 4. The van der Waals surface area contributed by atoms with Gasteiger partial charge in [0.2, 0.25) is 5.91 Å². The van der Waals surface area contributed by atoms with Gasteiger partial charge >= 0.3 is 0 Å². The van der Waals surface area contributed by atoms with Crippen LogP contribution in [0.5, 0.6) is 0 Å². The summed E-state index contributed by atoms with van der Waals surface area (Å²) in [5.74, 6) is -0.665. The molecular weight excluding hydrogens is 453 g/mol. The third kappa shape index (κ3) is 5.08. The van der Waals surface area contributed by atoms with Gasteiger partial charge in [0.1, 0.15) is 5.82 Å². The molecule has 0 saturated carbocycles. The molecule has 2 unspecified atom stereocenters. The van der Waals surface area contributed by atoms with Crippen LogP contribution in [0.25, 0.3) is 0 Å². The molecule has 0 radical (unpaired) electrons. The number of nitrogens with one attached hydrogen (secondary N) is 1. The summed E-state index contributed by atoms with van der Waals surface area (Å²) in [5, 5.41) is 14.5. The Morgan fingerprint density at radius 2 is 1.89 bits per heavy atom. The van der Waals surface area contributed by atoms with Gasteiger partial charge in [-0.3, -0.25) is 19.8 Å². The molecule has 2 fully saturated rings. The Morgan fingerprint density at radius 1 is 1.11 bits per heavy atom. The lowest BCUT2D eigenvalue weighted by Gasteiger charge is -2.49. The van der Waals surface area contributed by atoms with E-state index >= 15 is 0 Å². The van der Waals surface area contributed by atoms with E-state index < -0.39 is 4.92 Å². The number of nitro benzene ring substituents is 1. The van der Waals surface area contributed by atoms with Crippen LogP contribution < -0.4 is 15.1 Å². The van der Waals surface area contributed by atoms with E-state index in [4.69, 9.17) is 4.74 Å². The largest absolute Gasteiger partial charge is 0.379 e. The normalized spacial score (nSPS) is 22.3. The molecule has 5 rings (SSSR count). The van der Waals surface area contributed by atoms with Crippen molar-refractivity contribution in [1.29, 1.82) is 0 Å². The van der Waals surface area contributed by atoms with E-state index in [1.54, 1.807) is 24.3 Å². The maximum Gasteiger partial charge on any atom is 0.269 e. The fourth-order valence-electron chi connectivity index (χ4n) is 5.40. The molecule has 35 heavy (non-hydrogen) atoms. The summed E-state index contributed by atoms with van der Waals surface area (Å²) >= 11 is 0. The zero-order valence-electron chi connectivity index (χ0n) is 19.6. The topological polar surface area (TPSA) is 91.2 Å². The van der Waals surface area contributed by atoms with E-state index in [9.17, 15) is 19.3 Å². The van der Waals surface area contributed by atoms with Gasteiger partial charge in [-0.2, -0.15) is 0 Å². The number of nitro groups is 1. The monoisotopic (exact) mass is 483 g/mol. The molecule has 2 aromatic carbocycles. The molecule has 9 nitrogen and oxygen atoms in total. The number of amides is 1. The number of carbonyl (C=O) groups is 1. The number of hydrogen-bond acceptors (Lipinski definition) is 7. The molecule has 3 heterocycles. The maximum atomic E-state index is 13.5. The van der Waals surface area contributed by atoms with Crippen LogP contribution in [0.2, 0.25) is 0 Å². The highest BCUT2D eigenvalue weighted by Crippen LogP contribution is 2.38. The minimum absolute atomic E-state index is 0.0358. The maximum absolute atomic E-state index is 13.5. The predicted molar refractivity (Wildman–Crippen MR) is 130 cm³/mol. The number of ether oxygens (including phenoxy) is 1. The molecule has 0 bridgehead atoms. The number of hydrogen-bond donors (Lipinski definition) is 1. The van der Waals surface area contributed by atoms with E-state index in [1.165, 1.54) is 18.2 Å². The number of piperazine rings is 1. The highest BCUT2D eigenvalue weighted by atomic mass is 19.1. The number of anilines is 2. The Balaban J connectivity index is 1.36. The fraction of sp³-hybridized carbons (Fsp3) is 0.480. The van der Waals surface area contributed by atoms with E-state index in [2.05, 4.69) is 20.0 Å². The minimum Gasteiger partial charge on any atom is -0.379 e. The van der Waals surface area contributed by atoms with Crippen molar-refractivity contribution >= 4 is 23.0 Å². The van der Waals surface area contributed by atoms with Crippen LogP contribution in [0, 0.1) is 21.8 Å². The van der Waals surface area contributed by atoms with Crippen LogP contribution >= 0.6 is 0 Å². The Labute approximate surface area is 203 Å². The predicted octanol–water partition coefficient (Wildman–Crippen LogP) is 2.05. The third-order valence-electron chi connectivity index (χ3n) is 7.27. The number of benzene rings is 2. The Kier molecular flexibility index (Phi) is 6.83. The zero-order valence-corrected chi connectivity index (χ0v) is 19.6. The fourth-order valence-corrected chi connectivity index (χ4v) is 5.40. The van der Waals surface area contributed by atoms with Crippen molar-refractivity contribution in [3.8, 4) is 0 Å². The molecule has 0 spiro atoms. The van der Waals surface area contributed by atoms with Crippen LogP contribution in [0.1, 0.15) is 5.56 Å². The van der Waals surface area contributed by atoms with Gasteiger partial charge in [0, 0.05) is 69.3 Å². The van der Waals surface area contributed by atoms with Crippen molar-refractivity contribution in [1.82, 2.24) is 10.2 Å². The Morgan fingerprint density at radius 3 is 2.63 bits per heavy atom. The van der Waals surface area contributed by atoms with Gasteiger partial charge in [0.15, 0.2) is 0 Å². The lowest BCUT2D eigenvalue weighted by atomic mass is 9.83. The summed E-state index contributed by atoms with van der Waals surface area (Å²) in [6, 6.07) is 11.3. The molecule has 2 saturated heterocycles. The van der Waals surface area contributed by atoms with Crippen molar-refractivity contribution in [3.05, 3.63) is 64.0 Å². The van der Waals surface area contributed by atoms with Crippen molar-refractivity contribution < 1.29 is 18.8 Å². The van der Waals surface area contributed by atoms with E-state index in [0.29, 0.717) is 45.8 Å². The van der Waals surface area contributed by atoms with Crippen molar-refractivity contribution in [2.24, 2.45) is 5.92 Å². The number of fused-ring (bicyclic) bond motifs is 3. The quantitative estimate of drug-likeness (QED) is 0.497. The van der Waals surface area contributed by atoms with Crippen molar-refractivity contribution in [2.75, 3.05) is 68.8 Å². The SMILES string of the molecule is O=C(NCCN1CCOCC1)C1Cc2cc([N+](=O)[O-])ccc2N2CCN(c3ccc(F)cc3)CC12. The van der Waals surface area contributed by atoms with Gasteiger partial charge in [-0.05, 0) is 42.3 Å². The molecule has 2 aromatic rings. The Bertz CT molecular complexity index is 1080. The summed E-state index contributed by atoms with van der Waals surface area (Å²) < 4.78 is 18.8. The van der Waals surface area contributed by atoms with Gasteiger partial charge in [-0.1, -0.05) is 0 Å². The first-order valence-corrected chi connectivity index (χ1v) is 12.1. The highest BCUT2D eigenvalue weighted by molar-refractivity contribution is 5.82. The second-order valence-electron chi connectivity index (χ2n) is 9.31. The zero-order chi connectivity index (χ0) is 24.4. The second-order valence-corrected chi connectivity index (χ2v) is 9.31. The molecule has 3 aliphatic heterocycles. The number of carbonyl (C=O) groups excluding carboxylic acids is 1. The molecule has 1 amide bonds. The molecule has 0 aliphatic carbocycles. The minimum atomic E-state index is -0.393. The first-order valence-electron chi connectivity index (χ1n) is 12.1. The molecule has 0 aromatic heterocycles. The number of halogens is 1. The first-order chi connectivity index (χ1) is 17.0. The molecule has 186 valence electrons. The van der Waals surface area contributed by atoms with Gasteiger partial charge in [0.05, 0.1) is 30.1 Å². The molecule has 1 N–H and O–H groups in total. The van der Waals surface area contributed by atoms with Crippen LogP contribution in [-0.4, -0.2) is 80.8 Å². The average Bonchev–Trinajstić information content (AvgIpc) is 2.88. The highest BCUT2D eigenvalue weighted by Gasteiger charge is 2.42. The molecule has 3 aliphatic rings. The molecular formula is C25H30FN5O4. The van der Waals surface area contributed by atoms with Gasteiger partial charge in [0.25, 0.3) is 5.69 Å². The summed E-state index contributed by atoms with van der Waals surface area (Å²) in [7, 11) is 0. The van der Waals surface area contributed by atoms with Crippen molar-refractivity contribution in [3.63, 3.8) is 0 Å². The van der Waals surface area contributed by atoms with E-state index in [1.807, 2.05) is 0 Å². The number of rotatable bonds is 6. The molecule has 10 heteroatoms. The number of non-ortho nitro benzene ring substituents is 1. The standard InChI is InChI=1S/C25H30FN5O4/c26-19-1-3-20(4-2-19)29-9-10-30-23-6-5-21(31(33)34)15-18(23)16-22(24(30)17-29)25(32)27-7-8-28-11-13-35-14-12-28/h1-6,15,22,24H,7-14,16-17H2,(H,27,32).